The Kier molecular flexibility index (Phi) is 6.40. The number of allylic oxidation sites excluding steroid dienone is 1. The lowest BCUT2D eigenvalue weighted by Gasteiger charge is -2.27. The van der Waals surface area contributed by atoms with E-state index in [4.69, 9.17) is 9.97 Å². The number of benzene rings is 1. The standard InChI is InChI=1S/C34H40N8O/c1-4-15-41-33(43)29-16-35-34(38-32(29)42(41)30-14-9-24-6-5-21(2)31(24)37-30)36-27-10-12-28(13-11-27)40-19-25-17-39(18-26(25)20-40)22(3)23-7-8-23/h4,9-14,16,21-23,25-26H,1,5-8,15,17-20H2,2-3H3,(H,35,36,38)/t21?,22?,25-,26+. The first-order valence-electron chi connectivity index (χ1n) is 15.9. The zero-order valence-electron chi connectivity index (χ0n) is 25.1. The van der Waals surface area contributed by atoms with Crippen molar-refractivity contribution in [2.45, 2.75) is 58.0 Å². The number of fused-ring (bicyclic) bond motifs is 3. The van der Waals surface area contributed by atoms with Crippen molar-refractivity contribution >= 4 is 28.4 Å². The van der Waals surface area contributed by atoms with E-state index in [2.05, 4.69) is 70.9 Å². The normalized spacial score (nSPS) is 24.0. The number of rotatable bonds is 8. The Morgan fingerprint density at radius 2 is 1.79 bits per heavy atom. The molecule has 1 saturated carbocycles. The van der Waals surface area contributed by atoms with E-state index >= 15 is 0 Å². The van der Waals surface area contributed by atoms with Crippen LogP contribution in [0.4, 0.5) is 17.3 Å². The van der Waals surface area contributed by atoms with Gasteiger partial charge in [0.15, 0.2) is 11.5 Å². The van der Waals surface area contributed by atoms with Gasteiger partial charge < -0.3 is 10.2 Å². The first-order valence-corrected chi connectivity index (χ1v) is 15.9. The zero-order chi connectivity index (χ0) is 29.2. The summed E-state index contributed by atoms with van der Waals surface area (Å²) >= 11 is 0. The molecule has 8 rings (SSSR count). The fourth-order valence-electron chi connectivity index (χ4n) is 7.70. The van der Waals surface area contributed by atoms with E-state index < -0.39 is 0 Å². The molecule has 5 heterocycles. The first kappa shape index (κ1) is 26.6. The van der Waals surface area contributed by atoms with Crippen LogP contribution in [0.2, 0.25) is 0 Å². The van der Waals surface area contributed by atoms with Crippen molar-refractivity contribution in [3.05, 3.63) is 76.9 Å². The van der Waals surface area contributed by atoms with E-state index in [1.165, 1.54) is 37.2 Å². The van der Waals surface area contributed by atoms with Gasteiger partial charge in [0, 0.05) is 55.5 Å². The largest absolute Gasteiger partial charge is 0.371 e. The molecule has 43 heavy (non-hydrogen) atoms. The van der Waals surface area contributed by atoms with Gasteiger partial charge in [0.2, 0.25) is 5.95 Å². The zero-order valence-corrected chi connectivity index (χ0v) is 25.1. The third kappa shape index (κ3) is 4.65. The average Bonchev–Trinajstić information content (AvgIpc) is 3.40. The lowest BCUT2D eigenvalue weighted by atomic mass is 10.0. The lowest BCUT2D eigenvalue weighted by Crippen LogP contribution is -2.35. The third-order valence-corrected chi connectivity index (χ3v) is 10.4. The summed E-state index contributed by atoms with van der Waals surface area (Å²) in [7, 11) is 0. The molecule has 4 atom stereocenters. The van der Waals surface area contributed by atoms with Crippen LogP contribution in [-0.4, -0.2) is 61.4 Å². The summed E-state index contributed by atoms with van der Waals surface area (Å²) in [5, 5.41) is 3.82. The Bertz CT molecular complexity index is 1740. The molecule has 2 saturated heterocycles. The summed E-state index contributed by atoms with van der Waals surface area (Å²) in [5.41, 5.74) is 4.96. The highest BCUT2D eigenvalue weighted by Gasteiger charge is 2.44. The molecule has 222 valence electrons. The quantitative estimate of drug-likeness (QED) is 0.292. The topological polar surface area (TPSA) is 84.1 Å². The number of hydrogen-bond acceptors (Lipinski definition) is 7. The van der Waals surface area contributed by atoms with Crippen molar-refractivity contribution in [3.8, 4) is 5.82 Å². The molecular formula is C34H40N8O. The van der Waals surface area contributed by atoms with Gasteiger partial charge in [-0.1, -0.05) is 19.1 Å². The van der Waals surface area contributed by atoms with Crippen LogP contribution in [0, 0.1) is 17.8 Å². The molecule has 1 N–H and O–H groups in total. The molecule has 0 bridgehead atoms. The Morgan fingerprint density at radius 3 is 2.51 bits per heavy atom. The minimum atomic E-state index is -0.151. The number of anilines is 3. The van der Waals surface area contributed by atoms with E-state index in [0.29, 0.717) is 35.3 Å². The minimum Gasteiger partial charge on any atom is -0.371 e. The number of aryl methyl sites for hydroxylation is 1. The van der Waals surface area contributed by atoms with E-state index in [-0.39, 0.29) is 5.56 Å². The highest BCUT2D eigenvalue weighted by atomic mass is 16.1. The Balaban J connectivity index is 1.02. The van der Waals surface area contributed by atoms with E-state index in [1.54, 1.807) is 17.0 Å². The number of hydrogen-bond donors (Lipinski definition) is 1. The summed E-state index contributed by atoms with van der Waals surface area (Å²) in [6.45, 7) is 13.6. The Hall–Kier alpha value is -3.98. The van der Waals surface area contributed by atoms with Crippen molar-refractivity contribution < 1.29 is 0 Å². The highest BCUT2D eigenvalue weighted by Crippen LogP contribution is 2.41. The molecule has 9 nitrogen and oxygen atoms in total. The Labute approximate surface area is 252 Å². The smallest absolute Gasteiger partial charge is 0.278 e. The molecule has 0 amide bonds. The Morgan fingerprint density at radius 1 is 1.02 bits per heavy atom. The summed E-state index contributed by atoms with van der Waals surface area (Å²) in [6.07, 6.45) is 8.32. The number of nitrogens with one attached hydrogen (secondary N) is 1. The van der Waals surface area contributed by atoms with Gasteiger partial charge in [0.25, 0.3) is 5.56 Å². The number of pyridine rings is 1. The van der Waals surface area contributed by atoms with Crippen LogP contribution in [-0.2, 0) is 13.0 Å². The maximum atomic E-state index is 13.4. The fraction of sp³-hybridized carbons (Fsp3) is 0.471. The molecular weight excluding hydrogens is 536 g/mol. The van der Waals surface area contributed by atoms with E-state index in [1.807, 2.05) is 10.7 Å². The predicted octanol–water partition coefficient (Wildman–Crippen LogP) is 5.12. The van der Waals surface area contributed by atoms with Gasteiger partial charge >= 0.3 is 0 Å². The molecule has 2 aliphatic heterocycles. The predicted molar refractivity (Wildman–Crippen MR) is 171 cm³/mol. The molecule has 2 aliphatic carbocycles. The van der Waals surface area contributed by atoms with Crippen molar-refractivity contribution in [3.63, 3.8) is 0 Å². The van der Waals surface area contributed by atoms with Crippen LogP contribution in [0.1, 0.15) is 50.3 Å². The molecule has 3 fully saturated rings. The molecule has 4 aliphatic rings. The lowest BCUT2D eigenvalue weighted by molar-refractivity contribution is 0.221. The summed E-state index contributed by atoms with van der Waals surface area (Å²) in [6, 6.07) is 13.5. The molecule has 3 aromatic heterocycles. The van der Waals surface area contributed by atoms with Crippen LogP contribution < -0.4 is 15.8 Å². The van der Waals surface area contributed by atoms with E-state index in [0.717, 1.165) is 61.1 Å². The first-order chi connectivity index (χ1) is 21.0. The van der Waals surface area contributed by atoms with Crippen molar-refractivity contribution in [2.75, 3.05) is 36.4 Å². The summed E-state index contributed by atoms with van der Waals surface area (Å²) in [4.78, 5) is 33.0. The molecule has 2 unspecified atom stereocenters. The second kappa shape index (κ2) is 10.3. The van der Waals surface area contributed by atoms with Gasteiger partial charge in [0.05, 0.1) is 6.54 Å². The second-order valence-corrected chi connectivity index (χ2v) is 13.2. The van der Waals surface area contributed by atoms with Gasteiger partial charge in [-0.25, -0.2) is 19.3 Å². The molecule has 0 spiro atoms. The second-order valence-electron chi connectivity index (χ2n) is 13.2. The monoisotopic (exact) mass is 576 g/mol. The maximum absolute atomic E-state index is 13.4. The summed E-state index contributed by atoms with van der Waals surface area (Å²) < 4.78 is 3.45. The minimum absolute atomic E-state index is 0.151. The van der Waals surface area contributed by atoms with Crippen molar-refractivity contribution in [2.24, 2.45) is 17.8 Å². The fourth-order valence-corrected chi connectivity index (χ4v) is 7.70. The van der Waals surface area contributed by atoms with Crippen LogP contribution in [0.5, 0.6) is 0 Å². The summed E-state index contributed by atoms with van der Waals surface area (Å²) in [5.74, 6) is 4.02. The SMILES string of the molecule is C=CCn1c(=O)c2cnc(Nc3ccc(N4C[C@@H]5CN(C(C)C6CC6)C[C@@H]5C4)cc3)nc2n1-c1ccc2c(n1)C(C)CC2. The maximum Gasteiger partial charge on any atom is 0.278 e. The van der Waals surface area contributed by atoms with Gasteiger partial charge in [-0.2, -0.15) is 4.98 Å². The van der Waals surface area contributed by atoms with Gasteiger partial charge in [-0.05, 0) is 92.2 Å². The molecule has 9 heteroatoms. The van der Waals surface area contributed by atoms with Crippen LogP contribution in [0.3, 0.4) is 0 Å². The van der Waals surface area contributed by atoms with Gasteiger partial charge in [-0.3, -0.25) is 9.69 Å². The van der Waals surface area contributed by atoms with Crippen molar-refractivity contribution in [1.82, 2.24) is 29.2 Å². The highest BCUT2D eigenvalue weighted by molar-refractivity contribution is 5.77. The van der Waals surface area contributed by atoms with Crippen LogP contribution in [0.25, 0.3) is 16.9 Å². The third-order valence-electron chi connectivity index (χ3n) is 10.4. The number of likely N-dealkylation sites (tertiary alicyclic amines) is 1. The van der Waals surface area contributed by atoms with Crippen molar-refractivity contribution in [1.29, 1.82) is 0 Å². The molecule has 0 radical (unpaired) electrons. The van der Waals surface area contributed by atoms with E-state index in [9.17, 15) is 4.79 Å². The van der Waals surface area contributed by atoms with Crippen LogP contribution in [0.15, 0.2) is 60.0 Å². The number of aromatic nitrogens is 5. The van der Waals surface area contributed by atoms with Gasteiger partial charge in [0.1, 0.15) is 5.39 Å². The molecule has 4 aromatic rings. The van der Waals surface area contributed by atoms with Gasteiger partial charge in [-0.15, -0.1) is 6.58 Å². The molecule has 1 aromatic carbocycles. The number of nitrogens with zero attached hydrogens (tertiary/aromatic N) is 7. The van der Waals surface area contributed by atoms with Crippen LogP contribution >= 0.6 is 0 Å². The average molecular weight is 577 g/mol.